The van der Waals surface area contributed by atoms with Gasteiger partial charge in [-0.25, -0.2) is 13.2 Å². The molecular weight excluding hydrogens is 437 g/mol. The van der Waals surface area contributed by atoms with Gasteiger partial charge in [-0.3, -0.25) is 9.59 Å². The van der Waals surface area contributed by atoms with E-state index in [1.165, 1.54) is 45.8 Å². The summed E-state index contributed by atoms with van der Waals surface area (Å²) in [5.41, 5.74) is 1.19. The molecule has 3 aromatic rings. The lowest BCUT2D eigenvalue weighted by Gasteiger charge is -2.33. The minimum Gasteiger partial charge on any atom is -0.311 e. The highest BCUT2D eigenvalue weighted by Crippen LogP contribution is 2.54. The predicted octanol–water partition coefficient (Wildman–Crippen LogP) is 4.69. The third-order valence-electron chi connectivity index (χ3n) is 5.79. The fraction of sp³-hybridized carbons (Fsp3) is 0.167. The summed E-state index contributed by atoms with van der Waals surface area (Å²) in [7, 11) is 0. The van der Waals surface area contributed by atoms with Crippen molar-refractivity contribution in [3.63, 3.8) is 0 Å². The van der Waals surface area contributed by atoms with Gasteiger partial charge in [0, 0.05) is 29.5 Å². The first kappa shape index (κ1) is 20.6. The van der Waals surface area contributed by atoms with Gasteiger partial charge in [-0.2, -0.15) is 0 Å². The molecule has 32 heavy (non-hydrogen) atoms. The number of carbonyl (C=O) groups excluding carboxylic acids is 2. The number of fused-ring (bicyclic) bond motifs is 2. The Morgan fingerprint density at radius 2 is 1.72 bits per heavy atom. The van der Waals surface area contributed by atoms with E-state index < -0.39 is 34.1 Å². The third kappa shape index (κ3) is 3.01. The maximum Gasteiger partial charge on any atom is 0.268 e. The molecule has 8 heteroatoms. The molecule has 3 aromatic carbocycles. The zero-order valence-electron chi connectivity index (χ0n) is 16.7. The number of carbonyl (C=O) groups is 2. The van der Waals surface area contributed by atoms with E-state index in [2.05, 4.69) is 0 Å². The summed E-state index contributed by atoms with van der Waals surface area (Å²) in [6, 6.07) is 15.9. The van der Waals surface area contributed by atoms with Gasteiger partial charge in [0.25, 0.3) is 11.8 Å². The normalized spacial score (nSPS) is 19.7. The van der Waals surface area contributed by atoms with Gasteiger partial charge in [0.05, 0.1) is 17.8 Å². The van der Waals surface area contributed by atoms with Gasteiger partial charge >= 0.3 is 0 Å². The Bertz CT molecular complexity index is 1250. The van der Waals surface area contributed by atoms with Crippen molar-refractivity contribution >= 4 is 29.3 Å². The van der Waals surface area contributed by atoms with Crippen molar-refractivity contribution in [2.75, 3.05) is 17.2 Å². The molecule has 0 radical (unpaired) electrons. The molecule has 4 nitrogen and oxygen atoms in total. The van der Waals surface area contributed by atoms with Crippen molar-refractivity contribution in [2.45, 2.75) is 11.4 Å². The van der Waals surface area contributed by atoms with Gasteiger partial charge in [0.1, 0.15) is 17.5 Å². The van der Waals surface area contributed by atoms with Gasteiger partial charge in [-0.1, -0.05) is 36.4 Å². The van der Waals surface area contributed by atoms with Gasteiger partial charge in [0.15, 0.2) is 4.87 Å². The Morgan fingerprint density at radius 1 is 0.969 bits per heavy atom. The topological polar surface area (TPSA) is 40.6 Å². The van der Waals surface area contributed by atoms with E-state index in [0.29, 0.717) is 17.0 Å². The third-order valence-corrected chi connectivity index (χ3v) is 7.21. The zero-order valence-corrected chi connectivity index (χ0v) is 17.5. The largest absolute Gasteiger partial charge is 0.311 e. The second-order valence-corrected chi connectivity index (χ2v) is 8.86. The maximum atomic E-state index is 14.4. The van der Waals surface area contributed by atoms with Crippen molar-refractivity contribution < 1.29 is 22.8 Å². The van der Waals surface area contributed by atoms with Crippen LogP contribution in [0.25, 0.3) is 0 Å². The first-order valence-electron chi connectivity index (χ1n) is 9.99. The summed E-state index contributed by atoms with van der Waals surface area (Å²) < 4.78 is 42.1. The van der Waals surface area contributed by atoms with E-state index in [4.69, 9.17) is 0 Å². The van der Waals surface area contributed by atoms with Crippen molar-refractivity contribution in [1.82, 2.24) is 4.90 Å². The highest BCUT2D eigenvalue weighted by Gasteiger charge is 2.59. The predicted molar refractivity (Wildman–Crippen MR) is 116 cm³/mol. The highest BCUT2D eigenvalue weighted by atomic mass is 32.2. The second kappa shape index (κ2) is 7.70. The summed E-state index contributed by atoms with van der Waals surface area (Å²) >= 11 is 1.30. The molecule has 1 fully saturated rings. The number of hydrogen-bond donors (Lipinski definition) is 0. The number of hydrogen-bond acceptors (Lipinski definition) is 3. The summed E-state index contributed by atoms with van der Waals surface area (Å²) in [6.07, 6.45) is 0. The van der Waals surface area contributed by atoms with Gasteiger partial charge < -0.3 is 9.80 Å². The Labute approximate surface area is 186 Å². The number of amides is 2. The molecule has 2 amide bonds. The number of benzene rings is 3. The molecule has 1 saturated heterocycles. The van der Waals surface area contributed by atoms with Crippen LogP contribution in [0.3, 0.4) is 0 Å². The number of para-hydroxylation sites is 1. The number of thioether (sulfide) groups is 1. The van der Waals surface area contributed by atoms with Crippen LogP contribution < -0.4 is 4.90 Å². The molecule has 0 aromatic heterocycles. The van der Waals surface area contributed by atoms with E-state index in [-0.39, 0.29) is 24.2 Å². The standard InChI is InChI=1S/C24H17F3N2O2S/c25-16-10-9-15(20(27)13-16)14-28-21-8-4-2-6-18(21)24(23(28)31)29(11-12-32-24)22(30)17-5-1-3-7-19(17)26/h1-10,13H,11-12,14H2/t24-/m1/s1. The first-order chi connectivity index (χ1) is 15.4. The van der Waals surface area contributed by atoms with E-state index >= 15 is 0 Å². The minimum atomic E-state index is -1.37. The molecule has 2 aliphatic rings. The zero-order chi connectivity index (χ0) is 22.5. The second-order valence-electron chi connectivity index (χ2n) is 7.57. The molecule has 2 aliphatic heterocycles. The molecule has 0 aliphatic carbocycles. The summed E-state index contributed by atoms with van der Waals surface area (Å²) in [5.74, 6) is -2.62. The van der Waals surface area contributed by atoms with Crippen LogP contribution in [-0.4, -0.2) is 29.0 Å². The van der Waals surface area contributed by atoms with Crippen molar-refractivity contribution in [1.29, 1.82) is 0 Å². The number of nitrogens with zero attached hydrogens (tertiary/aromatic N) is 2. The average molecular weight is 454 g/mol. The van der Waals surface area contributed by atoms with E-state index in [9.17, 15) is 22.8 Å². The van der Waals surface area contributed by atoms with Gasteiger partial charge in [0.2, 0.25) is 0 Å². The van der Waals surface area contributed by atoms with Crippen LogP contribution in [0.15, 0.2) is 66.7 Å². The number of rotatable bonds is 3. The van der Waals surface area contributed by atoms with E-state index in [1.54, 1.807) is 30.3 Å². The Balaban J connectivity index is 1.59. The molecule has 0 saturated carbocycles. The van der Waals surface area contributed by atoms with E-state index in [1.807, 2.05) is 0 Å². The fourth-order valence-corrected chi connectivity index (χ4v) is 5.79. The highest BCUT2D eigenvalue weighted by molar-refractivity contribution is 8.01. The van der Waals surface area contributed by atoms with Crippen LogP contribution in [-0.2, 0) is 16.2 Å². The molecule has 0 unspecified atom stereocenters. The molecule has 2 heterocycles. The Kier molecular flexibility index (Phi) is 4.97. The lowest BCUT2D eigenvalue weighted by atomic mass is 10.0. The maximum absolute atomic E-state index is 14.4. The number of halogens is 3. The van der Waals surface area contributed by atoms with Crippen molar-refractivity contribution in [3.8, 4) is 0 Å². The van der Waals surface area contributed by atoms with E-state index in [0.717, 1.165) is 12.1 Å². The summed E-state index contributed by atoms with van der Waals surface area (Å²) in [4.78, 5) is 28.6. The molecule has 0 N–H and O–H groups in total. The van der Waals surface area contributed by atoms with Gasteiger partial charge in [-0.05, 0) is 24.3 Å². The van der Waals surface area contributed by atoms with Crippen LogP contribution in [0.4, 0.5) is 18.9 Å². The molecule has 1 spiro atoms. The van der Waals surface area contributed by atoms with Crippen LogP contribution in [0.1, 0.15) is 21.5 Å². The average Bonchev–Trinajstić information content (AvgIpc) is 3.32. The molecule has 1 atom stereocenters. The smallest absolute Gasteiger partial charge is 0.268 e. The molecular formula is C24H17F3N2O2S. The first-order valence-corrected chi connectivity index (χ1v) is 11.0. The fourth-order valence-electron chi connectivity index (χ4n) is 4.33. The van der Waals surface area contributed by atoms with Crippen LogP contribution in [0, 0.1) is 17.5 Å². The van der Waals surface area contributed by atoms with Crippen LogP contribution in [0.5, 0.6) is 0 Å². The Morgan fingerprint density at radius 3 is 2.50 bits per heavy atom. The van der Waals surface area contributed by atoms with Crippen LogP contribution >= 0.6 is 11.8 Å². The van der Waals surface area contributed by atoms with Crippen molar-refractivity contribution in [2.24, 2.45) is 0 Å². The SMILES string of the molecule is O=C(c1ccccc1F)N1CCS[C@]12C(=O)N(Cc1ccc(F)cc1F)c1ccccc12. The van der Waals surface area contributed by atoms with Crippen LogP contribution in [0.2, 0.25) is 0 Å². The van der Waals surface area contributed by atoms with Crippen molar-refractivity contribution in [3.05, 3.63) is 101 Å². The minimum absolute atomic E-state index is 0.109. The lowest BCUT2D eigenvalue weighted by Crippen LogP contribution is -2.50. The summed E-state index contributed by atoms with van der Waals surface area (Å²) in [6.45, 7) is 0.142. The molecule has 0 bridgehead atoms. The monoisotopic (exact) mass is 454 g/mol. The summed E-state index contributed by atoms with van der Waals surface area (Å²) in [5, 5.41) is 0. The lowest BCUT2D eigenvalue weighted by molar-refractivity contribution is -0.123. The number of anilines is 1. The Hall–Kier alpha value is -3.26. The molecule has 162 valence electrons. The van der Waals surface area contributed by atoms with Gasteiger partial charge in [-0.15, -0.1) is 11.8 Å². The molecule has 5 rings (SSSR count). The quantitative estimate of drug-likeness (QED) is 0.577.